The van der Waals surface area contributed by atoms with Crippen molar-refractivity contribution >= 4 is 11.9 Å². The van der Waals surface area contributed by atoms with Crippen LogP contribution in [-0.2, 0) is 9.53 Å². The van der Waals surface area contributed by atoms with Crippen molar-refractivity contribution in [3.8, 4) is 0 Å². The minimum atomic E-state index is -0.279. The highest BCUT2D eigenvalue weighted by Gasteiger charge is 2.22. The Morgan fingerprint density at radius 2 is 2.05 bits per heavy atom. The number of rotatable bonds is 6. The summed E-state index contributed by atoms with van der Waals surface area (Å²) in [6.45, 7) is 1.22. The Balaban J connectivity index is 1.59. The molecule has 2 rings (SSSR count). The van der Waals surface area contributed by atoms with E-state index >= 15 is 0 Å². The van der Waals surface area contributed by atoms with E-state index in [1.165, 1.54) is 0 Å². The number of carbonyl (C=O) groups is 2. The van der Waals surface area contributed by atoms with Crippen LogP contribution in [0.5, 0.6) is 0 Å². The van der Waals surface area contributed by atoms with Gasteiger partial charge in [-0.25, -0.2) is 4.79 Å². The average Bonchev–Trinajstić information content (AvgIpc) is 2.85. The average molecular weight is 261 g/mol. The zero-order valence-electron chi connectivity index (χ0n) is 10.9. The maximum atomic E-state index is 11.6. The van der Waals surface area contributed by atoms with E-state index in [-0.39, 0.29) is 17.8 Å². The number of hydrogen-bond acceptors (Lipinski definition) is 3. The molecule has 0 bridgehead atoms. The van der Waals surface area contributed by atoms with Crippen molar-refractivity contribution in [1.29, 1.82) is 0 Å². The smallest absolute Gasteiger partial charge is 0.338 e. The van der Waals surface area contributed by atoms with E-state index in [0.29, 0.717) is 12.2 Å². The number of ether oxygens (including phenoxy) is 1. The second-order valence-corrected chi connectivity index (χ2v) is 4.77. The number of esters is 1. The van der Waals surface area contributed by atoms with E-state index < -0.39 is 0 Å². The fourth-order valence-corrected chi connectivity index (χ4v) is 2.24. The normalized spacial score (nSPS) is 18.1. The fourth-order valence-electron chi connectivity index (χ4n) is 2.24. The van der Waals surface area contributed by atoms with Crippen LogP contribution in [0.2, 0.25) is 0 Å². The van der Waals surface area contributed by atoms with Crippen molar-refractivity contribution in [3.05, 3.63) is 35.9 Å². The largest absolute Gasteiger partial charge is 0.462 e. The number of hydrogen-bond donors (Lipinski definition) is 1. The van der Waals surface area contributed by atoms with Crippen molar-refractivity contribution < 1.29 is 14.3 Å². The van der Waals surface area contributed by atoms with Gasteiger partial charge in [-0.2, -0.15) is 0 Å². The summed E-state index contributed by atoms with van der Waals surface area (Å²) in [6, 6.07) is 8.98. The molecule has 19 heavy (non-hydrogen) atoms. The van der Waals surface area contributed by atoms with Crippen LogP contribution in [0.4, 0.5) is 0 Å². The lowest BCUT2D eigenvalue weighted by atomic mass is 10.0. The van der Waals surface area contributed by atoms with Gasteiger partial charge in [-0.05, 0) is 37.8 Å². The Hall–Kier alpha value is -1.84. The summed E-state index contributed by atoms with van der Waals surface area (Å²) in [6.07, 6.45) is 3.54. The number of nitrogens with one attached hydrogen (secondary N) is 1. The molecule has 1 saturated heterocycles. The predicted octanol–water partition coefficient (Wildman–Crippen LogP) is 2.15. The lowest BCUT2D eigenvalue weighted by molar-refractivity contribution is -0.122. The molecule has 0 aliphatic carbocycles. The first-order valence-electron chi connectivity index (χ1n) is 6.77. The van der Waals surface area contributed by atoms with E-state index in [9.17, 15) is 9.59 Å². The Bertz CT molecular complexity index is 430. The third-order valence-corrected chi connectivity index (χ3v) is 3.35. The van der Waals surface area contributed by atoms with E-state index in [1.54, 1.807) is 12.1 Å². The molecule has 1 amide bonds. The maximum Gasteiger partial charge on any atom is 0.338 e. The molecule has 0 spiro atoms. The molecule has 1 N–H and O–H groups in total. The fraction of sp³-hybridized carbons (Fsp3) is 0.467. The highest BCUT2D eigenvalue weighted by Crippen LogP contribution is 2.16. The van der Waals surface area contributed by atoms with Crippen molar-refractivity contribution in [2.75, 3.05) is 13.2 Å². The quantitative estimate of drug-likeness (QED) is 0.630. The topological polar surface area (TPSA) is 55.4 Å². The Kier molecular flexibility index (Phi) is 4.95. The molecule has 1 heterocycles. The van der Waals surface area contributed by atoms with Gasteiger partial charge in [0, 0.05) is 12.5 Å². The van der Waals surface area contributed by atoms with Gasteiger partial charge in [0.2, 0.25) is 5.91 Å². The standard InChI is InChI=1S/C15H19NO3/c17-14-12(9-10-16-14)6-4-5-11-19-15(18)13-7-2-1-3-8-13/h1-3,7-8,12H,4-6,9-11H2,(H,16,17)/t12-/m0/s1. The second kappa shape index (κ2) is 6.92. The first kappa shape index (κ1) is 13.6. The Morgan fingerprint density at radius 3 is 2.74 bits per heavy atom. The minimum absolute atomic E-state index is 0.157. The van der Waals surface area contributed by atoms with Crippen molar-refractivity contribution in [1.82, 2.24) is 5.32 Å². The third-order valence-electron chi connectivity index (χ3n) is 3.35. The van der Waals surface area contributed by atoms with Gasteiger partial charge in [-0.3, -0.25) is 4.79 Å². The molecular weight excluding hydrogens is 242 g/mol. The van der Waals surface area contributed by atoms with Crippen molar-refractivity contribution in [3.63, 3.8) is 0 Å². The van der Waals surface area contributed by atoms with E-state index in [4.69, 9.17) is 4.74 Å². The van der Waals surface area contributed by atoms with Gasteiger partial charge in [0.15, 0.2) is 0 Å². The van der Waals surface area contributed by atoms with Crippen LogP contribution in [0.1, 0.15) is 36.0 Å². The molecular formula is C15H19NO3. The van der Waals surface area contributed by atoms with E-state index in [0.717, 1.165) is 32.2 Å². The number of amides is 1. The predicted molar refractivity (Wildman–Crippen MR) is 71.7 cm³/mol. The van der Waals surface area contributed by atoms with Crippen LogP contribution < -0.4 is 5.32 Å². The van der Waals surface area contributed by atoms with Crippen LogP contribution in [0.25, 0.3) is 0 Å². The summed E-state index contributed by atoms with van der Waals surface area (Å²) in [7, 11) is 0. The van der Waals surface area contributed by atoms with E-state index in [2.05, 4.69) is 5.32 Å². The maximum absolute atomic E-state index is 11.6. The molecule has 0 aromatic heterocycles. The minimum Gasteiger partial charge on any atom is -0.462 e. The van der Waals surface area contributed by atoms with Gasteiger partial charge in [0.25, 0.3) is 0 Å². The molecule has 0 unspecified atom stereocenters. The molecule has 4 heteroatoms. The first-order valence-corrected chi connectivity index (χ1v) is 6.77. The molecule has 4 nitrogen and oxygen atoms in total. The molecule has 1 aromatic rings. The monoisotopic (exact) mass is 261 g/mol. The highest BCUT2D eigenvalue weighted by atomic mass is 16.5. The van der Waals surface area contributed by atoms with Crippen LogP contribution in [0.15, 0.2) is 30.3 Å². The van der Waals surface area contributed by atoms with Crippen LogP contribution in [0.3, 0.4) is 0 Å². The first-order chi connectivity index (χ1) is 9.27. The van der Waals surface area contributed by atoms with Gasteiger partial charge >= 0.3 is 5.97 Å². The molecule has 1 aliphatic heterocycles. The Morgan fingerprint density at radius 1 is 1.26 bits per heavy atom. The molecule has 1 atom stereocenters. The van der Waals surface area contributed by atoms with Gasteiger partial charge < -0.3 is 10.1 Å². The lowest BCUT2D eigenvalue weighted by Crippen LogP contribution is -2.19. The van der Waals surface area contributed by atoms with Crippen LogP contribution >= 0.6 is 0 Å². The number of unbranched alkanes of at least 4 members (excludes halogenated alkanes) is 1. The van der Waals surface area contributed by atoms with Crippen molar-refractivity contribution in [2.24, 2.45) is 5.92 Å². The summed E-state index contributed by atoms with van der Waals surface area (Å²) < 4.78 is 5.18. The van der Waals surface area contributed by atoms with Gasteiger partial charge in [0.1, 0.15) is 0 Å². The molecule has 102 valence electrons. The molecule has 0 saturated carbocycles. The van der Waals surface area contributed by atoms with E-state index in [1.807, 2.05) is 18.2 Å². The summed E-state index contributed by atoms with van der Waals surface area (Å²) in [5, 5.41) is 2.83. The molecule has 1 aromatic carbocycles. The summed E-state index contributed by atoms with van der Waals surface area (Å²) in [5.41, 5.74) is 0.581. The highest BCUT2D eigenvalue weighted by molar-refractivity contribution is 5.89. The van der Waals surface area contributed by atoms with Gasteiger partial charge in [0.05, 0.1) is 12.2 Å². The number of benzene rings is 1. The molecule has 1 aliphatic rings. The molecule has 1 fully saturated rings. The van der Waals surface area contributed by atoms with Crippen LogP contribution in [-0.4, -0.2) is 25.0 Å². The second-order valence-electron chi connectivity index (χ2n) is 4.77. The lowest BCUT2D eigenvalue weighted by Gasteiger charge is -2.07. The summed E-state index contributed by atoms with van der Waals surface area (Å²) >= 11 is 0. The van der Waals surface area contributed by atoms with Gasteiger partial charge in [-0.15, -0.1) is 0 Å². The summed E-state index contributed by atoms with van der Waals surface area (Å²) in [5.74, 6) is 0.0466. The summed E-state index contributed by atoms with van der Waals surface area (Å²) in [4.78, 5) is 23.0. The van der Waals surface area contributed by atoms with Crippen molar-refractivity contribution in [2.45, 2.75) is 25.7 Å². The zero-order valence-corrected chi connectivity index (χ0v) is 10.9. The Labute approximate surface area is 113 Å². The van der Waals surface area contributed by atoms with Gasteiger partial charge in [-0.1, -0.05) is 18.2 Å². The van der Waals surface area contributed by atoms with Crippen LogP contribution in [0, 0.1) is 5.92 Å². The number of carbonyl (C=O) groups excluding carboxylic acids is 2. The third kappa shape index (κ3) is 4.09. The zero-order chi connectivity index (χ0) is 13.5. The SMILES string of the molecule is O=C(OCCCC[C@H]1CCNC1=O)c1ccccc1. The molecule has 0 radical (unpaired) electrons.